The number of unbranched alkanes of at least 4 members (excludes halogenated alkanes) is 1. The van der Waals surface area contributed by atoms with Crippen LogP contribution in [-0.2, 0) is 16.1 Å². The minimum atomic E-state index is 0.0988. The molecule has 1 aromatic rings. The highest BCUT2D eigenvalue weighted by Crippen LogP contribution is 2.26. The van der Waals surface area contributed by atoms with Gasteiger partial charge in [-0.1, -0.05) is 26.7 Å². The van der Waals surface area contributed by atoms with E-state index in [0.29, 0.717) is 18.5 Å². The Balaban J connectivity index is 1.37. The lowest BCUT2D eigenvalue weighted by atomic mass is 9.92. The predicted molar refractivity (Wildman–Crippen MR) is 118 cm³/mol. The molecule has 2 aliphatic rings. The molecule has 2 fully saturated rings. The molecule has 1 N–H and O–H groups in total. The van der Waals surface area contributed by atoms with E-state index in [0.717, 1.165) is 83.3 Å². The summed E-state index contributed by atoms with van der Waals surface area (Å²) in [7, 11) is 0. The van der Waals surface area contributed by atoms with E-state index in [1.165, 1.54) is 0 Å². The van der Waals surface area contributed by atoms with Crippen LogP contribution in [0, 0.1) is 11.8 Å². The number of amides is 2. The molecule has 1 unspecified atom stereocenters. The minimum Gasteiger partial charge on any atom is -0.467 e. The summed E-state index contributed by atoms with van der Waals surface area (Å²) in [4.78, 5) is 29.9. The van der Waals surface area contributed by atoms with Gasteiger partial charge in [-0.25, -0.2) is 0 Å². The van der Waals surface area contributed by atoms with Gasteiger partial charge in [0.15, 0.2) is 0 Å². The third-order valence-corrected chi connectivity index (χ3v) is 6.96. The van der Waals surface area contributed by atoms with Crippen molar-refractivity contribution in [3.05, 3.63) is 24.2 Å². The number of nitrogens with zero attached hydrogens (tertiary/aromatic N) is 2. The smallest absolute Gasteiger partial charge is 0.225 e. The molecule has 1 aromatic heterocycles. The van der Waals surface area contributed by atoms with E-state index in [-0.39, 0.29) is 17.7 Å². The number of likely N-dealkylation sites (tertiary alicyclic amines) is 2. The predicted octanol–water partition coefficient (Wildman–Crippen LogP) is 3.82. The van der Waals surface area contributed by atoms with Gasteiger partial charge in [0, 0.05) is 31.0 Å². The molecule has 6 heteroatoms. The Morgan fingerprint density at radius 3 is 2.47 bits per heavy atom. The first-order valence-corrected chi connectivity index (χ1v) is 11.9. The van der Waals surface area contributed by atoms with E-state index < -0.39 is 0 Å². The number of carbonyl (C=O) groups excluding carboxylic acids is 2. The number of hydrogen-bond acceptors (Lipinski definition) is 4. The number of rotatable bonds is 9. The average Bonchev–Trinajstić information content (AvgIpc) is 3.32. The quantitative estimate of drug-likeness (QED) is 0.663. The first-order valence-electron chi connectivity index (χ1n) is 11.9. The number of hydrogen-bond donors (Lipinski definition) is 1. The Kier molecular flexibility index (Phi) is 8.79. The van der Waals surface area contributed by atoms with Crippen LogP contribution >= 0.6 is 0 Å². The van der Waals surface area contributed by atoms with E-state index in [1.807, 2.05) is 12.1 Å². The summed E-state index contributed by atoms with van der Waals surface area (Å²) in [6.45, 7) is 8.52. The van der Waals surface area contributed by atoms with Gasteiger partial charge >= 0.3 is 0 Å². The zero-order valence-corrected chi connectivity index (χ0v) is 18.8. The van der Waals surface area contributed by atoms with E-state index in [1.54, 1.807) is 6.26 Å². The molecule has 168 valence electrons. The lowest BCUT2D eigenvalue weighted by Gasteiger charge is -2.42. The summed E-state index contributed by atoms with van der Waals surface area (Å²) in [5.41, 5.74) is 0. The van der Waals surface area contributed by atoms with Crippen LogP contribution in [-0.4, -0.2) is 53.8 Å². The van der Waals surface area contributed by atoms with Crippen LogP contribution in [0.2, 0.25) is 0 Å². The van der Waals surface area contributed by atoms with Crippen LogP contribution in [0.5, 0.6) is 0 Å². The molecule has 2 amide bonds. The molecule has 0 aliphatic carbocycles. The highest BCUT2D eigenvalue weighted by atomic mass is 16.3. The fraction of sp³-hybridized carbons (Fsp3) is 0.750. The Bertz CT molecular complexity index is 645. The molecule has 3 rings (SSSR count). The van der Waals surface area contributed by atoms with Crippen LogP contribution in [0.25, 0.3) is 0 Å². The van der Waals surface area contributed by atoms with E-state index in [9.17, 15) is 9.59 Å². The normalized spacial score (nSPS) is 20.3. The molecule has 0 radical (unpaired) electrons. The molecule has 0 spiro atoms. The van der Waals surface area contributed by atoms with Crippen molar-refractivity contribution < 1.29 is 14.0 Å². The van der Waals surface area contributed by atoms with Gasteiger partial charge < -0.3 is 19.5 Å². The van der Waals surface area contributed by atoms with Crippen molar-refractivity contribution in [1.82, 2.24) is 15.1 Å². The summed E-state index contributed by atoms with van der Waals surface area (Å²) in [6, 6.07) is 4.27. The molecular formula is C24H39N3O3. The summed E-state index contributed by atoms with van der Waals surface area (Å²) < 4.78 is 5.28. The zero-order chi connectivity index (χ0) is 21.3. The van der Waals surface area contributed by atoms with Crippen LogP contribution in [0.1, 0.15) is 71.0 Å². The molecule has 2 aliphatic heterocycles. The second kappa shape index (κ2) is 11.5. The molecule has 3 heterocycles. The standard InChI is InChI=1S/C24H39N3O3/c1-3-5-7-19(4-2)24(29)27-15-11-21(12-16-27)26-13-9-20(10-14-26)23(28)25-18-22-8-6-17-30-22/h6,8,17,19-21H,3-5,7,9-16,18H2,1-2H3,(H,25,28). The van der Waals surface area contributed by atoms with Crippen molar-refractivity contribution in [1.29, 1.82) is 0 Å². The summed E-state index contributed by atoms with van der Waals surface area (Å²) in [5.74, 6) is 1.61. The molecule has 0 bridgehead atoms. The number of nitrogens with one attached hydrogen (secondary N) is 1. The highest BCUT2D eigenvalue weighted by Gasteiger charge is 2.32. The third-order valence-electron chi connectivity index (χ3n) is 6.96. The van der Waals surface area contributed by atoms with Crippen molar-refractivity contribution in [2.24, 2.45) is 11.8 Å². The van der Waals surface area contributed by atoms with Gasteiger partial charge in [-0.05, 0) is 63.7 Å². The van der Waals surface area contributed by atoms with Gasteiger partial charge in [-0.15, -0.1) is 0 Å². The van der Waals surface area contributed by atoms with Crippen LogP contribution in [0.15, 0.2) is 22.8 Å². The average molecular weight is 418 g/mol. The van der Waals surface area contributed by atoms with E-state index in [2.05, 4.69) is 29.0 Å². The fourth-order valence-electron chi connectivity index (χ4n) is 4.92. The maximum Gasteiger partial charge on any atom is 0.225 e. The Labute approximate surface area is 181 Å². The summed E-state index contributed by atoms with van der Waals surface area (Å²) in [5, 5.41) is 3.00. The molecule has 1 atom stereocenters. The summed E-state index contributed by atoms with van der Waals surface area (Å²) >= 11 is 0. The zero-order valence-electron chi connectivity index (χ0n) is 18.8. The number of carbonyl (C=O) groups is 2. The fourth-order valence-corrected chi connectivity index (χ4v) is 4.92. The van der Waals surface area contributed by atoms with Crippen LogP contribution in [0.3, 0.4) is 0 Å². The van der Waals surface area contributed by atoms with Crippen LogP contribution in [0.4, 0.5) is 0 Å². The van der Waals surface area contributed by atoms with E-state index >= 15 is 0 Å². The van der Waals surface area contributed by atoms with Crippen LogP contribution < -0.4 is 5.32 Å². The van der Waals surface area contributed by atoms with Crippen molar-refractivity contribution in [3.8, 4) is 0 Å². The Morgan fingerprint density at radius 2 is 1.87 bits per heavy atom. The monoisotopic (exact) mass is 417 g/mol. The maximum atomic E-state index is 12.8. The second-order valence-electron chi connectivity index (χ2n) is 8.91. The molecule has 2 saturated heterocycles. The number of piperidine rings is 2. The largest absolute Gasteiger partial charge is 0.467 e. The first kappa shape index (κ1) is 22.9. The second-order valence-corrected chi connectivity index (χ2v) is 8.91. The molecular weight excluding hydrogens is 378 g/mol. The maximum absolute atomic E-state index is 12.8. The molecule has 30 heavy (non-hydrogen) atoms. The van der Waals surface area contributed by atoms with E-state index in [4.69, 9.17) is 4.42 Å². The Morgan fingerprint density at radius 1 is 1.13 bits per heavy atom. The SMILES string of the molecule is CCCCC(CC)C(=O)N1CCC(N2CCC(C(=O)NCc3ccco3)CC2)CC1. The van der Waals surface area contributed by atoms with Gasteiger partial charge in [0.1, 0.15) is 5.76 Å². The minimum absolute atomic E-state index is 0.0988. The van der Waals surface area contributed by atoms with Gasteiger partial charge in [-0.2, -0.15) is 0 Å². The topological polar surface area (TPSA) is 65.8 Å². The highest BCUT2D eigenvalue weighted by molar-refractivity contribution is 5.79. The molecule has 0 saturated carbocycles. The van der Waals surface area contributed by atoms with Gasteiger partial charge in [0.05, 0.1) is 12.8 Å². The van der Waals surface area contributed by atoms with Gasteiger partial charge in [0.25, 0.3) is 0 Å². The first-order chi connectivity index (χ1) is 14.6. The summed E-state index contributed by atoms with van der Waals surface area (Å²) in [6.07, 6.45) is 9.86. The van der Waals surface area contributed by atoms with Gasteiger partial charge in [0.2, 0.25) is 11.8 Å². The Hall–Kier alpha value is -1.82. The van der Waals surface area contributed by atoms with Crippen molar-refractivity contribution >= 4 is 11.8 Å². The lowest BCUT2D eigenvalue weighted by Crippen LogP contribution is -2.51. The number of furan rings is 1. The lowest BCUT2D eigenvalue weighted by molar-refractivity contribution is -0.138. The van der Waals surface area contributed by atoms with Crippen molar-refractivity contribution in [2.75, 3.05) is 26.2 Å². The molecule has 6 nitrogen and oxygen atoms in total. The van der Waals surface area contributed by atoms with Crippen molar-refractivity contribution in [2.45, 2.75) is 77.8 Å². The van der Waals surface area contributed by atoms with Gasteiger partial charge in [-0.3, -0.25) is 9.59 Å². The molecule has 0 aromatic carbocycles. The van der Waals surface area contributed by atoms with Crippen molar-refractivity contribution in [3.63, 3.8) is 0 Å². The third kappa shape index (κ3) is 6.10.